The Morgan fingerprint density at radius 3 is 2.48 bits per heavy atom. The van der Waals surface area contributed by atoms with Gasteiger partial charge in [-0.25, -0.2) is 4.79 Å². The van der Waals surface area contributed by atoms with E-state index in [4.69, 9.17) is 9.47 Å². The van der Waals surface area contributed by atoms with Crippen molar-refractivity contribution in [2.45, 2.75) is 6.04 Å². The molecule has 2 rings (SSSR count). The van der Waals surface area contributed by atoms with Crippen LogP contribution >= 0.6 is 11.3 Å². The van der Waals surface area contributed by atoms with E-state index in [1.165, 1.54) is 25.6 Å². The van der Waals surface area contributed by atoms with E-state index in [2.05, 4.69) is 5.32 Å². The predicted octanol–water partition coefficient (Wildman–Crippen LogP) is 2.40. The van der Waals surface area contributed by atoms with E-state index in [0.717, 1.165) is 0 Å². The van der Waals surface area contributed by atoms with Gasteiger partial charge < -0.3 is 14.8 Å². The van der Waals surface area contributed by atoms with E-state index in [1.807, 2.05) is 6.07 Å². The molecule has 1 amide bonds. The third-order valence-electron chi connectivity index (χ3n) is 2.90. The van der Waals surface area contributed by atoms with Crippen LogP contribution in [0.2, 0.25) is 0 Å². The topological polar surface area (TPSA) is 64.6 Å². The van der Waals surface area contributed by atoms with E-state index in [9.17, 15) is 9.59 Å². The van der Waals surface area contributed by atoms with Crippen molar-refractivity contribution in [2.24, 2.45) is 0 Å². The number of hydrogen-bond acceptors (Lipinski definition) is 5. The molecule has 1 N–H and O–H groups in total. The molecule has 21 heavy (non-hydrogen) atoms. The summed E-state index contributed by atoms with van der Waals surface area (Å²) in [5.41, 5.74) is 0.660. The van der Waals surface area contributed by atoms with E-state index < -0.39 is 12.0 Å². The minimum atomic E-state index is -0.851. The van der Waals surface area contributed by atoms with Gasteiger partial charge in [-0.15, -0.1) is 11.3 Å². The Labute approximate surface area is 126 Å². The number of ether oxygens (including phenoxy) is 2. The fourth-order valence-electron chi connectivity index (χ4n) is 1.86. The minimum absolute atomic E-state index is 0.374. The van der Waals surface area contributed by atoms with Gasteiger partial charge >= 0.3 is 5.97 Å². The number of benzene rings is 1. The summed E-state index contributed by atoms with van der Waals surface area (Å²) in [6.07, 6.45) is 0. The maximum absolute atomic E-state index is 12.3. The number of rotatable bonds is 5. The molecular weight excluding hydrogens is 290 g/mol. The molecule has 2 aromatic rings. The lowest BCUT2D eigenvalue weighted by Gasteiger charge is -2.16. The third-order valence-corrected chi connectivity index (χ3v) is 3.79. The zero-order chi connectivity index (χ0) is 15.2. The van der Waals surface area contributed by atoms with E-state index in [-0.39, 0.29) is 5.91 Å². The fraction of sp³-hybridized carbons (Fsp3) is 0.200. The van der Waals surface area contributed by atoms with Gasteiger partial charge in [0.2, 0.25) is 0 Å². The van der Waals surface area contributed by atoms with Crippen LogP contribution in [0.4, 0.5) is 0 Å². The Bertz CT molecular complexity index is 624. The Morgan fingerprint density at radius 1 is 1.14 bits per heavy atom. The molecule has 0 saturated heterocycles. The Kier molecular flexibility index (Phi) is 4.94. The molecule has 0 bridgehead atoms. The molecule has 1 atom stereocenters. The summed E-state index contributed by atoms with van der Waals surface area (Å²) in [6.45, 7) is 0. The quantitative estimate of drug-likeness (QED) is 0.862. The first kappa shape index (κ1) is 15.1. The first-order valence-corrected chi connectivity index (χ1v) is 7.10. The molecule has 0 saturated carbocycles. The number of esters is 1. The number of carbonyl (C=O) groups excluding carboxylic acids is 2. The largest absolute Gasteiger partial charge is 0.495 e. The second-order valence-electron chi connectivity index (χ2n) is 4.16. The van der Waals surface area contributed by atoms with Crippen molar-refractivity contribution >= 4 is 23.2 Å². The van der Waals surface area contributed by atoms with E-state index in [0.29, 0.717) is 16.2 Å². The highest BCUT2D eigenvalue weighted by Crippen LogP contribution is 2.25. The van der Waals surface area contributed by atoms with Gasteiger partial charge in [-0.1, -0.05) is 30.3 Å². The number of carbonyl (C=O) groups is 2. The number of thiophene rings is 1. The molecule has 1 aromatic heterocycles. The Balaban J connectivity index is 2.24. The Hall–Kier alpha value is -2.34. The summed E-state index contributed by atoms with van der Waals surface area (Å²) in [5, 5.41) is 4.43. The van der Waals surface area contributed by atoms with Gasteiger partial charge in [0.25, 0.3) is 5.91 Å². The molecule has 0 spiro atoms. The van der Waals surface area contributed by atoms with Crippen LogP contribution in [-0.2, 0) is 9.53 Å². The standard InChI is InChI=1S/C15H15NO4S/c1-19-11-8-9-21-13(11)14(17)16-12(15(18)20-2)10-6-4-3-5-7-10/h3-9,12H,1-2H3,(H,16,17). The molecule has 1 unspecified atom stereocenters. The summed E-state index contributed by atoms with van der Waals surface area (Å²) in [7, 11) is 2.78. The predicted molar refractivity (Wildman–Crippen MR) is 79.5 cm³/mol. The molecule has 110 valence electrons. The van der Waals surface area contributed by atoms with Crippen LogP contribution in [0.1, 0.15) is 21.3 Å². The molecule has 1 aromatic carbocycles. The summed E-state index contributed by atoms with van der Waals surface area (Å²) in [6, 6.07) is 9.79. The molecule has 6 heteroatoms. The van der Waals surface area contributed by atoms with Gasteiger partial charge in [0, 0.05) is 0 Å². The average molecular weight is 305 g/mol. The zero-order valence-electron chi connectivity index (χ0n) is 11.7. The van der Waals surface area contributed by atoms with Crippen LogP contribution in [0.25, 0.3) is 0 Å². The lowest BCUT2D eigenvalue weighted by atomic mass is 10.1. The highest BCUT2D eigenvalue weighted by molar-refractivity contribution is 7.12. The molecular formula is C15H15NO4S. The minimum Gasteiger partial charge on any atom is -0.495 e. The van der Waals surface area contributed by atoms with Crippen LogP contribution in [0.5, 0.6) is 5.75 Å². The zero-order valence-corrected chi connectivity index (χ0v) is 12.5. The van der Waals surface area contributed by atoms with Crippen molar-refractivity contribution in [3.05, 3.63) is 52.2 Å². The van der Waals surface area contributed by atoms with Gasteiger partial charge in [0.1, 0.15) is 10.6 Å². The second kappa shape index (κ2) is 6.90. The molecule has 0 fully saturated rings. The van der Waals surface area contributed by atoms with Crippen molar-refractivity contribution in [3.8, 4) is 5.75 Å². The van der Waals surface area contributed by atoms with Gasteiger partial charge in [0.15, 0.2) is 6.04 Å². The number of methoxy groups -OCH3 is 2. The SMILES string of the molecule is COC(=O)C(NC(=O)c1sccc1OC)c1ccccc1. The van der Waals surface area contributed by atoms with Crippen LogP contribution in [-0.4, -0.2) is 26.1 Å². The van der Waals surface area contributed by atoms with Crippen molar-refractivity contribution in [1.82, 2.24) is 5.32 Å². The molecule has 0 aliphatic heterocycles. The van der Waals surface area contributed by atoms with Gasteiger partial charge in [-0.2, -0.15) is 0 Å². The van der Waals surface area contributed by atoms with Gasteiger partial charge in [-0.05, 0) is 17.0 Å². The fourth-order valence-corrected chi connectivity index (χ4v) is 2.62. The molecule has 0 radical (unpaired) electrons. The second-order valence-corrected chi connectivity index (χ2v) is 5.07. The maximum atomic E-state index is 12.3. The monoisotopic (exact) mass is 305 g/mol. The number of nitrogens with one attached hydrogen (secondary N) is 1. The lowest BCUT2D eigenvalue weighted by Crippen LogP contribution is -2.34. The average Bonchev–Trinajstić information content (AvgIpc) is 3.01. The van der Waals surface area contributed by atoms with E-state index in [1.54, 1.807) is 35.7 Å². The van der Waals surface area contributed by atoms with Crippen LogP contribution < -0.4 is 10.1 Å². The van der Waals surface area contributed by atoms with Crippen molar-refractivity contribution in [1.29, 1.82) is 0 Å². The van der Waals surface area contributed by atoms with Crippen LogP contribution in [0.15, 0.2) is 41.8 Å². The molecule has 0 aliphatic carbocycles. The van der Waals surface area contributed by atoms with Gasteiger partial charge in [-0.3, -0.25) is 4.79 Å². The van der Waals surface area contributed by atoms with Crippen LogP contribution in [0.3, 0.4) is 0 Å². The molecule has 1 heterocycles. The number of amides is 1. The lowest BCUT2D eigenvalue weighted by molar-refractivity contribution is -0.143. The summed E-state index contributed by atoms with van der Waals surface area (Å²) in [4.78, 5) is 24.6. The van der Waals surface area contributed by atoms with E-state index >= 15 is 0 Å². The third kappa shape index (κ3) is 3.41. The van der Waals surface area contributed by atoms with Crippen LogP contribution in [0, 0.1) is 0 Å². The Morgan fingerprint density at radius 2 is 1.86 bits per heavy atom. The molecule has 0 aliphatic rings. The van der Waals surface area contributed by atoms with Gasteiger partial charge in [0.05, 0.1) is 14.2 Å². The summed E-state index contributed by atoms with van der Waals surface area (Å²) < 4.78 is 9.87. The summed E-state index contributed by atoms with van der Waals surface area (Å²) in [5.74, 6) is -0.416. The highest BCUT2D eigenvalue weighted by Gasteiger charge is 2.25. The van der Waals surface area contributed by atoms with Crippen molar-refractivity contribution < 1.29 is 19.1 Å². The maximum Gasteiger partial charge on any atom is 0.333 e. The smallest absolute Gasteiger partial charge is 0.333 e. The van der Waals surface area contributed by atoms with Crippen molar-refractivity contribution in [3.63, 3.8) is 0 Å². The van der Waals surface area contributed by atoms with Crippen molar-refractivity contribution in [2.75, 3.05) is 14.2 Å². The number of hydrogen-bond donors (Lipinski definition) is 1. The molecule has 5 nitrogen and oxygen atoms in total. The first-order valence-electron chi connectivity index (χ1n) is 6.22. The summed E-state index contributed by atoms with van der Waals surface area (Å²) >= 11 is 1.25. The highest BCUT2D eigenvalue weighted by atomic mass is 32.1. The normalized spacial score (nSPS) is 11.5. The first-order chi connectivity index (χ1) is 10.2.